The first-order valence-corrected chi connectivity index (χ1v) is 15.6. The molecule has 0 aromatic heterocycles. The Morgan fingerprint density at radius 3 is 1.88 bits per heavy atom. The van der Waals surface area contributed by atoms with Gasteiger partial charge in [0.1, 0.15) is 23.1 Å². The van der Waals surface area contributed by atoms with Gasteiger partial charge in [0, 0.05) is 6.07 Å². The van der Waals surface area contributed by atoms with Gasteiger partial charge in [0.15, 0.2) is 0 Å². The second-order valence-electron chi connectivity index (χ2n) is 10.9. The Labute approximate surface area is 254 Å². The van der Waals surface area contributed by atoms with Crippen molar-refractivity contribution in [2.75, 3.05) is 6.61 Å². The van der Waals surface area contributed by atoms with E-state index < -0.39 is 23.6 Å². The molecular weight excluding hydrogens is 550 g/mol. The van der Waals surface area contributed by atoms with Gasteiger partial charge in [-0.15, -0.1) is 0 Å². The van der Waals surface area contributed by atoms with Gasteiger partial charge in [-0.1, -0.05) is 83.4 Å². The van der Waals surface area contributed by atoms with E-state index in [1.807, 2.05) is 24.3 Å². The van der Waals surface area contributed by atoms with Crippen molar-refractivity contribution in [3.8, 4) is 22.6 Å². The van der Waals surface area contributed by atoms with Crippen LogP contribution in [0, 0.1) is 11.6 Å². The lowest BCUT2D eigenvalue weighted by molar-refractivity contribution is 0.0314. The van der Waals surface area contributed by atoms with Crippen molar-refractivity contribution < 1.29 is 32.6 Å². The van der Waals surface area contributed by atoms with Crippen LogP contribution in [0.25, 0.3) is 11.1 Å². The molecule has 0 N–H and O–H groups in total. The molecule has 0 heterocycles. The number of hydrogen-bond donors (Lipinski definition) is 0. The topological polar surface area (TPSA) is 61.8 Å². The SMILES string of the molecule is CCCCCCCCOc1ccc(-c2ccc(C(=O)Oc3ccc(C(=O)O[C@H](C)CCCCCC)c(F)c3)c(F)c2)cc1. The molecule has 232 valence electrons. The molecule has 0 saturated carbocycles. The molecule has 0 bridgehead atoms. The van der Waals surface area contributed by atoms with Gasteiger partial charge in [0.2, 0.25) is 0 Å². The predicted molar refractivity (Wildman–Crippen MR) is 166 cm³/mol. The van der Waals surface area contributed by atoms with Crippen LogP contribution in [0.1, 0.15) is 112 Å². The number of halogens is 2. The first-order valence-electron chi connectivity index (χ1n) is 15.6. The van der Waals surface area contributed by atoms with E-state index in [1.165, 1.54) is 49.9 Å². The van der Waals surface area contributed by atoms with Gasteiger partial charge < -0.3 is 14.2 Å². The molecule has 0 aliphatic heterocycles. The molecule has 0 radical (unpaired) electrons. The van der Waals surface area contributed by atoms with Crippen LogP contribution in [0.5, 0.6) is 11.5 Å². The smallest absolute Gasteiger partial charge is 0.346 e. The highest BCUT2D eigenvalue weighted by Gasteiger charge is 2.20. The Hall–Kier alpha value is -3.74. The molecule has 0 amide bonds. The zero-order chi connectivity index (χ0) is 31.0. The maximum Gasteiger partial charge on any atom is 0.346 e. The molecule has 0 fully saturated rings. The van der Waals surface area contributed by atoms with Crippen molar-refractivity contribution in [3.63, 3.8) is 0 Å². The van der Waals surface area contributed by atoms with Gasteiger partial charge in [-0.3, -0.25) is 0 Å². The summed E-state index contributed by atoms with van der Waals surface area (Å²) in [7, 11) is 0. The summed E-state index contributed by atoms with van der Waals surface area (Å²) >= 11 is 0. The third-order valence-electron chi connectivity index (χ3n) is 7.29. The largest absolute Gasteiger partial charge is 0.494 e. The molecule has 3 rings (SSSR count). The molecule has 0 unspecified atom stereocenters. The van der Waals surface area contributed by atoms with Gasteiger partial charge in [0.25, 0.3) is 0 Å². The fourth-order valence-corrected chi connectivity index (χ4v) is 4.73. The van der Waals surface area contributed by atoms with Crippen LogP contribution in [0.15, 0.2) is 60.7 Å². The molecule has 43 heavy (non-hydrogen) atoms. The minimum atomic E-state index is -0.974. The normalized spacial score (nSPS) is 11.7. The van der Waals surface area contributed by atoms with Crippen LogP contribution in [0.3, 0.4) is 0 Å². The van der Waals surface area contributed by atoms with E-state index in [1.54, 1.807) is 13.0 Å². The maximum atomic E-state index is 14.9. The lowest BCUT2D eigenvalue weighted by atomic mass is 10.0. The van der Waals surface area contributed by atoms with Crippen LogP contribution in [-0.2, 0) is 4.74 Å². The third kappa shape index (κ3) is 11.1. The van der Waals surface area contributed by atoms with Crippen molar-refractivity contribution in [3.05, 3.63) is 83.4 Å². The summed E-state index contributed by atoms with van der Waals surface area (Å²) < 4.78 is 46.0. The van der Waals surface area contributed by atoms with Gasteiger partial charge >= 0.3 is 11.9 Å². The molecule has 0 spiro atoms. The van der Waals surface area contributed by atoms with Crippen LogP contribution >= 0.6 is 0 Å². The second-order valence-corrected chi connectivity index (χ2v) is 10.9. The molecule has 7 heteroatoms. The van der Waals surface area contributed by atoms with E-state index in [0.29, 0.717) is 18.6 Å². The monoisotopic (exact) mass is 594 g/mol. The van der Waals surface area contributed by atoms with Crippen LogP contribution < -0.4 is 9.47 Å². The standard InChI is InChI=1S/C36H44F2O5/c1-4-6-8-10-11-13-23-41-29-18-15-27(16-19-29)28-17-21-31(33(37)24-28)36(40)43-30-20-22-32(34(38)25-30)35(39)42-26(3)14-12-9-7-5-2/h15-22,24-26H,4-14,23H2,1-3H3/t26-/m1/s1. The minimum Gasteiger partial charge on any atom is -0.494 e. The van der Waals surface area contributed by atoms with Crippen molar-refractivity contribution in [1.29, 1.82) is 0 Å². The van der Waals surface area contributed by atoms with Crippen LogP contribution in [-0.4, -0.2) is 24.6 Å². The molecule has 3 aromatic carbocycles. The highest BCUT2D eigenvalue weighted by Crippen LogP contribution is 2.26. The lowest BCUT2D eigenvalue weighted by Gasteiger charge is -2.14. The number of benzene rings is 3. The maximum absolute atomic E-state index is 14.9. The van der Waals surface area contributed by atoms with E-state index in [4.69, 9.17) is 14.2 Å². The van der Waals surface area contributed by atoms with Crippen molar-refractivity contribution in [2.45, 2.75) is 97.5 Å². The number of carbonyl (C=O) groups excluding carboxylic acids is 2. The fourth-order valence-electron chi connectivity index (χ4n) is 4.73. The van der Waals surface area contributed by atoms with Crippen LogP contribution in [0.4, 0.5) is 8.78 Å². The second kappa shape index (κ2) is 18.0. The third-order valence-corrected chi connectivity index (χ3v) is 7.29. The Kier molecular flexibility index (Phi) is 14.2. The fraction of sp³-hybridized carbons (Fsp3) is 0.444. The van der Waals surface area contributed by atoms with Gasteiger partial charge in [-0.2, -0.15) is 0 Å². The number of unbranched alkanes of at least 4 members (excludes halogenated alkanes) is 8. The van der Waals surface area contributed by atoms with E-state index in [2.05, 4.69) is 13.8 Å². The average molecular weight is 595 g/mol. The zero-order valence-electron chi connectivity index (χ0n) is 25.6. The summed E-state index contributed by atoms with van der Waals surface area (Å²) in [6.07, 6.45) is 11.7. The van der Waals surface area contributed by atoms with Gasteiger partial charge in [-0.25, -0.2) is 18.4 Å². The van der Waals surface area contributed by atoms with Gasteiger partial charge in [-0.05, 0) is 73.7 Å². The molecular formula is C36H44F2O5. The summed E-state index contributed by atoms with van der Waals surface area (Å²) in [5.41, 5.74) is 0.814. The Morgan fingerprint density at radius 1 is 0.651 bits per heavy atom. The molecule has 3 aromatic rings. The zero-order valence-corrected chi connectivity index (χ0v) is 25.6. The van der Waals surface area contributed by atoms with E-state index >= 15 is 0 Å². The first kappa shape index (κ1) is 33.8. The summed E-state index contributed by atoms with van der Waals surface area (Å²) in [4.78, 5) is 25.1. The van der Waals surface area contributed by atoms with Crippen LogP contribution in [0.2, 0.25) is 0 Å². The van der Waals surface area contributed by atoms with Crippen molar-refractivity contribution in [1.82, 2.24) is 0 Å². The Bertz CT molecular complexity index is 1310. The summed E-state index contributed by atoms with van der Waals surface area (Å²) in [6.45, 7) is 6.76. The predicted octanol–water partition coefficient (Wildman–Crippen LogP) is 10.1. The van der Waals surface area contributed by atoms with E-state index in [9.17, 15) is 18.4 Å². The number of carbonyl (C=O) groups is 2. The highest BCUT2D eigenvalue weighted by atomic mass is 19.1. The van der Waals surface area contributed by atoms with Crippen molar-refractivity contribution in [2.24, 2.45) is 0 Å². The van der Waals surface area contributed by atoms with Gasteiger partial charge in [0.05, 0.1) is 23.8 Å². The molecule has 5 nitrogen and oxygen atoms in total. The summed E-state index contributed by atoms with van der Waals surface area (Å²) in [5, 5.41) is 0. The summed E-state index contributed by atoms with van der Waals surface area (Å²) in [6, 6.07) is 15.0. The number of ether oxygens (including phenoxy) is 3. The highest BCUT2D eigenvalue weighted by molar-refractivity contribution is 5.93. The minimum absolute atomic E-state index is 0.147. The Morgan fingerprint density at radius 2 is 1.21 bits per heavy atom. The Balaban J connectivity index is 1.53. The van der Waals surface area contributed by atoms with E-state index in [-0.39, 0.29) is 23.0 Å². The van der Waals surface area contributed by atoms with E-state index in [0.717, 1.165) is 55.9 Å². The number of rotatable bonds is 18. The molecule has 0 aliphatic rings. The lowest BCUT2D eigenvalue weighted by Crippen LogP contribution is -2.16. The average Bonchev–Trinajstić information content (AvgIpc) is 2.99. The molecule has 0 saturated heterocycles. The number of hydrogen-bond acceptors (Lipinski definition) is 5. The quantitative estimate of drug-likeness (QED) is 0.0833. The van der Waals surface area contributed by atoms with Crippen molar-refractivity contribution >= 4 is 11.9 Å². The summed E-state index contributed by atoms with van der Waals surface area (Å²) in [5.74, 6) is -2.80. The first-order chi connectivity index (χ1) is 20.8. The number of esters is 2. The molecule has 0 aliphatic carbocycles. The molecule has 1 atom stereocenters.